The lowest BCUT2D eigenvalue weighted by atomic mass is 9.40. The van der Waals surface area contributed by atoms with E-state index in [1.54, 1.807) is 24.3 Å². The van der Waals surface area contributed by atoms with E-state index in [4.69, 9.17) is 22.1 Å². The number of hydrogen-bond acceptors (Lipinski definition) is 3. The minimum atomic E-state index is -0.0919. The van der Waals surface area contributed by atoms with E-state index in [1.807, 2.05) is 0 Å². The van der Waals surface area contributed by atoms with E-state index >= 15 is 0 Å². The van der Waals surface area contributed by atoms with Crippen LogP contribution in [0.1, 0.15) is 19.3 Å². The number of benzene rings is 1. The van der Waals surface area contributed by atoms with Gasteiger partial charge in [0.05, 0.1) is 0 Å². The monoisotopic (exact) mass is 280 g/mol. The average Bonchev–Trinajstić information content (AvgIpc) is 2.31. The van der Waals surface area contributed by atoms with Gasteiger partial charge in [0, 0.05) is 17.1 Å². The molecule has 19 heavy (non-hydrogen) atoms. The first-order valence-corrected chi connectivity index (χ1v) is 6.81. The fourth-order valence-corrected chi connectivity index (χ4v) is 3.42. The van der Waals surface area contributed by atoms with Crippen molar-refractivity contribution in [1.82, 2.24) is 5.32 Å². The Morgan fingerprint density at radius 1 is 1.32 bits per heavy atom. The molecule has 0 heterocycles. The molecule has 0 aromatic heterocycles. The van der Waals surface area contributed by atoms with Gasteiger partial charge in [-0.25, -0.2) is 0 Å². The molecule has 0 spiro atoms. The zero-order chi connectivity index (χ0) is 13.5. The molecule has 3 fully saturated rings. The molecule has 0 saturated heterocycles. The topological polar surface area (TPSA) is 64.3 Å². The van der Waals surface area contributed by atoms with E-state index in [0.717, 1.165) is 25.8 Å². The molecule has 0 radical (unpaired) electrons. The highest BCUT2D eigenvalue weighted by atomic mass is 35.5. The van der Waals surface area contributed by atoms with Crippen LogP contribution >= 0.6 is 11.6 Å². The van der Waals surface area contributed by atoms with Crippen molar-refractivity contribution in [1.29, 1.82) is 0 Å². The van der Waals surface area contributed by atoms with Crippen molar-refractivity contribution in [2.75, 3.05) is 13.2 Å². The third kappa shape index (κ3) is 2.55. The van der Waals surface area contributed by atoms with Gasteiger partial charge in [0.15, 0.2) is 6.61 Å². The van der Waals surface area contributed by atoms with Gasteiger partial charge in [-0.2, -0.15) is 0 Å². The fraction of sp³-hybridized carbons (Fsp3) is 0.500. The highest BCUT2D eigenvalue weighted by Crippen LogP contribution is 2.65. The highest BCUT2D eigenvalue weighted by molar-refractivity contribution is 6.30. The molecule has 5 heteroatoms. The molecule has 3 saturated carbocycles. The summed E-state index contributed by atoms with van der Waals surface area (Å²) in [6, 6.07) is 6.96. The number of halogens is 1. The second-order valence-corrected chi connectivity index (χ2v) is 6.35. The summed E-state index contributed by atoms with van der Waals surface area (Å²) in [6.07, 6.45) is 3.12. The van der Waals surface area contributed by atoms with Gasteiger partial charge in [0.1, 0.15) is 5.75 Å². The first-order chi connectivity index (χ1) is 8.99. The molecule has 0 unspecified atom stereocenters. The largest absolute Gasteiger partial charge is 0.484 e. The number of carbonyl (C=O) groups is 1. The second kappa shape index (κ2) is 4.39. The van der Waals surface area contributed by atoms with Crippen molar-refractivity contribution in [3.63, 3.8) is 0 Å². The quantitative estimate of drug-likeness (QED) is 0.863. The zero-order valence-electron chi connectivity index (χ0n) is 10.6. The molecule has 102 valence electrons. The van der Waals surface area contributed by atoms with E-state index in [0.29, 0.717) is 10.8 Å². The van der Waals surface area contributed by atoms with Gasteiger partial charge in [-0.15, -0.1) is 0 Å². The molecule has 0 atom stereocenters. The van der Waals surface area contributed by atoms with Crippen molar-refractivity contribution in [3.05, 3.63) is 29.3 Å². The van der Waals surface area contributed by atoms with Crippen molar-refractivity contribution in [3.8, 4) is 5.75 Å². The number of ether oxygens (including phenoxy) is 1. The molecular weight excluding hydrogens is 264 g/mol. The zero-order valence-corrected chi connectivity index (χ0v) is 11.4. The van der Waals surface area contributed by atoms with Crippen molar-refractivity contribution >= 4 is 17.5 Å². The first kappa shape index (κ1) is 12.8. The lowest BCUT2D eigenvalue weighted by Gasteiger charge is -2.69. The summed E-state index contributed by atoms with van der Waals surface area (Å²) < 4.78 is 5.38. The van der Waals surface area contributed by atoms with Crippen LogP contribution in [0.25, 0.3) is 0 Å². The number of nitrogens with one attached hydrogen (secondary N) is 1. The normalized spacial score (nSPS) is 31.1. The number of hydrogen-bond donors (Lipinski definition) is 2. The van der Waals surface area contributed by atoms with Crippen molar-refractivity contribution in [2.24, 2.45) is 11.1 Å². The molecule has 1 aromatic carbocycles. The van der Waals surface area contributed by atoms with Crippen LogP contribution in [-0.2, 0) is 4.79 Å². The maximum atomic E-state index is 11.7. The van der Waals surface area contributed by atoms with Gasteiger partial charge in [-0.3, -0.25) is 4.79 Å². The summed E-state index contributed by atoms with van der Waals surface area (Å²) in [5.74, 6) is 0.553. The maximum absolute atomic E-state index is 11.7. The Morgan fingerprint density at radius 2 is 1.95 bits per heavy atom. The van der Waals surface area contributed by atoms with Crippen LogP contribution < -0.4 is 15.8 Å². The van der Waals surface area contributed by atoms with Crippen LogP contribution in [0.15, 0.2) is 24.3 Å². The molecule has 3 N–H and O–H groups in total. The molecular formula is C14H17ClN2O2. The minimum absolute atomic E-state index is 0.0332. The molecule has 2 bridgehead atoms. The van der Waals surface area contributed by atoms with Crippen LogP contribution in [0.2, 0.25) is 5.02 Å². The molecule has 1 amide bonds. The van der Waals surface area contributed by atoms with Crippen molar-refractivity contribution in [2.45, 2.75) is 24.8 Å². The Labute approximate surface area is 117 Å². The number of carbonyl (C=O) groups excluding carboxylic acids is 1. The Balaban J connectivity index is 1.39. The SMILES string of the molecule is NC12CC(CNC(=O)COc3ccc(Cl)cc3)(C1)C2. The van der Waals surface area contributed by atoms with Crippen LogP contribution in [0.4, 0.5) is 0 Å². The average molecular weight is 281 g/mol. The minimum Gasteiger partial charge on any atom is -0.484 e. The lowest BCUT2D eigenvalue weighted by molar-refractivity contribution is -0.139. The van der Waals surface area contributed by atoms with Gasteiger partial charge in [0.25, 0.3) is 5.91 Å². The number of nitrogens with two attached hydrogens (primary N) is 1. The maximum Gasteiger partial charge on any atom is 0.257 e. The molecule has 3 aliphatic carbocycles. The Hall–Kier alpha value is -1.26. The van der Waals surface area contributed by atoms with E-state index in [2.05, 4.69) is 5.32 Å². The van der Waals surface area contributed by atoms with Gasteiger partial charge in [-0.05, 0) is 48.9 Å². The Kier molecular flexibility index (Phi) is 2.95. The smallest absolute Gasteiger partial charge is 0.257 e. The van der Waals surface area contributed by atoms with Crippen LogP contribution in [-0.4, -0.2) is 24.6 Å². The van der Waals surface area contributed by atoms with E-state index < -0.39 is 0 Å². The summed E-state index contributed by atoms with van der Waals surface area (Å²) in [4.78, 5) is 11.7. The first-order valence-electron chi connectivity index (χ1n) is 6.43. The second-order valence-electron chi connectivity index (χ2n) is 5.91. The van der Waals surface area contributed by atoms with E-state index in [9.17, 15) is 4.79 Å². The van der Waals surface area contributed by atoms with Gasteiger partial charge in [-0.1, -0.05) is 11.6 Å². The number of amides is 1. The molecule has 4 nitrogen and oxygen atoms in total. The fourth-order valence-electron chi connectivity index (χ4n) is 3.29. The summed E-state index contributed by atoms with van der Waals surface area (Å²) in [5.41, 5.74) is 6.35. The van der Waals surface area contributed by atoms with Gasteiger partial charge < -0.3 is 15.8 Å². The third-order valence-electron chi connectivity index (χ3n) is 4.03. The molecule has 1 aromatic rings. The molecule has 4 rings (SSSR count). The van der Waals surface area contributed by atoms with Crippen molar-refractivity contribution < 1.29 is 9.53 Å². The standard InChI is InChI=1S/C14H17ClN2O2/c15-10-1-3-11(4-2-10)19-5-12(18)17-9-13-6-14(16,7-13)8-13/h1-4H,5-9,16H2,(H,17,18). The molecule has 3 aliphatic rings. The summed E-state index contributed by atoms with van der Waals surface area (Å²) in [6.45, 7) is 0.750. The van der Waals surface area contributed by atoms with Gasteiger partial charge in [0.2, 0.25) is 0 Å². The lowest BCUT2D eigenvalue weighted by Crippen LogP contribution is -2.74. The van der Waals surface area contributed by atoms with Crippen LogP contribution in [0.3, 0.4) is 0 Å². The number of rotatable bonds is 5. The van der Waals surface area contributed by atoms with E-state index in [-0.39, 0.29) is 23.5 Å². The van der Waals surface area contributed by atoms with E-state index in [1.165, 1.54) is 0 Å². The predicted octanol–water partition coefficient (Wildman–Crippen LogP) is 1.72. The van der Waals surface area contributed by atoms with Gasteiger partial charge >= 0.3 is 0 Å². The predicted molar refractivity (Wildman–Crippen MR) is 73.2 cm³/mol. The molecule has 0 aliphatic heterocycles. The highest BCUT2D eigenvalue weighted by Gasteiger charge is 2.65. The Bertz CT molecular complexity index is 481. The van der Waals surface area contributed by atoms with Crippen LogP contribution in [0, 0.1) is 5.41 Å². The summed E-state index contributed by atoms with van der Waals surface area (Å²) >= 11 is 5.77. The third-order valence-corrected chi connectivity index (χ3v) is 4.28. The van der Waals surface area contributed by atoms with Crippen LogP contribution in [0.5, 0.6) is 5.75 Å². The Morgan fingerprint density at radius 3 is 2.53 bits per heavy atom. The summed E-state index contributed by atoms with van der Waals surface area (Å²) in [7, 11) is 0. The summed E-state index contributed by atoms with van der Waals surface area (Å²) in [5, 5.41) is 3.57.